The monoisotopic (exact) mass is 338 g/mol. The Morgan fingerprint density at radius 3 is 2.00 bits per heavy atom. The van der Waals surface area contributed by atoms with E-state index in [0.717, 1.165) is 18.6 Å². The van der Waals surface area contributed by atoms with Crippen LogP contribution in [0.4, 0.5) is 0 Å². The Labute approximate surface area is 152 Å². The highest BCUT2D eigenvalue weighted by Crippen LogP contribution is 2.23. The van der Waals surface area contributed by atoms with Crippen LogP contribution in [0.2, 0.25) is 0 Å². The van der Waals surface area contributed by atoms with E-state index in [1.165, 1.54) is 36.8 Å². The lowest BCUT2D eigenvalue weighted by Gasteiger charge is -2.22. The first kappa shape index (κ1) is 25.2. The Balaban J connectivity index is 0. The van der Waals surface area contributed by atoms with Crippen LogP contribution in [0.1, 0.15) is 84.8 Å². The number of aryl methyl sites for hydroxylation is 2. The standard InChI is InChI=1S/C18H30O2.2C2H6/c1-15-11-12-17(19-4)16(14-15)10-8-6-7-9-13-18(2,3)20-5;2*1-2/h11-12,14H,6-10,13H2,1-5H3;2*1-2H3. The molecule has 1 aromatic rings. The molecule has 0 atom stereocenters. The van der Waals surface area contributed by atoms with Gasteiger partial charge in [-0.3, -0.25) is 0 Å². The lowest BCUT2D eigenvalue weighted by atomic mass is 9.98. The number of benzene rings is 1. The van der Waals surface area contributed by atoms with Crippen LogP contribution in [0.15, 0.2) is 18.2 Å². The molecule has 0 saturated carbocycles. The van der Waals surface area contributed by atoms with Gasteiger partial charge in [0.05, 0.1) is 12.7 Å². The molecule has 0 aromatic heterocycles. The maximum absolute atomic E-state index is 5.44. The molecule has 24 heavy (non-hydrogen) atoms. The molecule has 2 heteroatoms. The summed E-state index contributed by atoms with van der Waals surface area (Å²) in [7, 11) is 3.55. The van der Waals surface area contributed by atoms with Gasteiger partial charge in [0, 0.05) is 7.11 Å². The Hall–Kier alpha value is -1.02. The van der Waals surface area contributed by atoms with Crippen LogP contribution in [-0.4, -0.2) is 19.8 Å². The van der Waals surface area contributed by atoms with Crippen molar-refractivity contribution in [2.45, 2.75) is 92.6 Å². The summed E-state index contributed by atoms with van der Waals surface area (Å²) >= 11 is 0. The fourth-order valence-electron chi connectivity index (χ4n) is 2.42. The number of unbranched alkanes of at least 4 members (excludes halogenated alkanes) is 3. The van der Waals surface area contributed by atoms with E-state index in [9.17, 15) is 0 Å². The SMILES string of the molecule is CC.CC.COc1ccc(C)cc1CCCCCCC(C)(C)OC. The third-order valence-corrected chi connectivity index (χ3v) is 3.96. The molecule has 2 nitrogen and oxygen atoms in total. The van der Waals surface area contributed by atoms with Crippen LogP contribution in [0, 0.1) is 6.92 Å². The van der Waals surface area contributed by atoms with E-state index in [1.54, 1.807) is 14.2 Å². The van der Waals surface area contributed by atoms with Gasteiger partial charge in [0.25, 0.3) is 0 Å². The van der Waals surface area contributed by atoms with Gasteiger partial charge in [0.1, 0.15) is 5.75 Å². The Kier molecular flexibility index (Phi) is 16.3. The molecule has 0 aliphatic carbocycles. The lowest BCUT2D eigenvalue weighted by Crippen LogP contribution is -2.21. The van der Waals surface area contributed by atoms with Crippen molar-refractivity contribution in [2.75, 3.05) is 14.2 Å². The molecule has 0 unspecified atom stereocenters. The molecule has 142 valence electrons. The summed E-state index contributed by atoms with van der Waals surface area (Å²) in [6.07, 6.45) is 7.27. The highest BCUT2D eigenvalue weighted by Gasteiger charge is 2.14. The second-order valence-corrected chi connectivity index (χ2v) is 6.19. The first-order chi connectivity index (χ1) is 11.5. The lowest BCUT2D eigenvalue weighted by molar-refractivity contribution is 0.0134. The van der Waals surface area contributed by atoms with Gasteiger partial charge in [-0.05, 0) is 51.7 Å². The number of ether oxygens (including phenoxy) is 2. The zero-order chi connectivity index (χ0) is 19.0. The first-order valence-electron chi connectivity index (χ1n) is 9.67. The van der Waals surface area contributed by atoms with Crippen LogP contribution in [-0.2, 0) is 11.2 Å². The predicted octanol–water partition coefficient (Wildman–Crippen LogP) is 6.97. The largest absolute Gasteiger partial charge is 0.496 e. The molecule has 0 radical (unpaired) electrons. The molecule has 0 bridgehead atoms. The van der Waals surface area contributed by atoms with E-state index < -0.39 is 0 Å². The Morgan fingerprint density at radius 1 is 0.875 bits per heavy atom. The molecule has 0 N–H and O–H groups in total. The second-order valence-electron chi connectivity index (χ2n) is 6.19. The highest BCUT2D eigenvalue weighted by atomic mass is 16.5. The normalized spacial score (nSPS) is 10.2. The fraction of sp³-hybridized carbons (Fsp3) is 0.727. The van der Waals surface area contributed by atoms with Crippen molar-refractivity contribution in [3.8, 4) is 5.75 Å². The van der Waals surface area contributed by atoms with Crippen molar-refractivity contribution in [1.82, 2.24) is 0 Å². The van der Waals surface area contributed by atoms with Gasteiger partial charge >= 0.3 is 0 Å². The van der Waals surface area contributed by atoms with E-state index in [2.05, 4.69) is 39.0 Å². The topological polar surface area (TPSA) is 18.5 Å². The molecular weight excluding hydrogens is 296 g/mol. The number of methoxy groups -OCH3 is 2. The number of hydrogen-bond donors (Lipinski definition) is 0. The number of hydrogen-bond acceptors (Lipinski definition) is 2. The van der Waals surface area contributed by atoms with Crippen molar-refractivity contribution in [3.63, 3.8) is 0 Å². The molecule has 0 amide bonds. The van der Waals surface area contributed by atoms with E-state index in [-0.39, 0.29) is 5.60 Å². The fourth-order valence-corrected chi connectivity index (χ4v) is 2.42. The zero-order valence-electron chi connectivity index (χ0n) is 17.8. The molecule has 0 spiro atoms. The predicted molar refractivity (Wildman–Crippen MR) is 108 cm³/mol. The van der Waals surface area contributed by atoms with E-state index in [1.807, 2.05) is 27.7 Å². The molecule has 0 aliphatic rings. The minimum Gasteiger partial charge on any atom is -0.496 e. The van der Waals surface area contributed by atoms with Gasteiger partial charge < -0.3 is 9.47 Å². The summed E-state index contributed by atoms with van der Waals surface area (Å²) in [5.41, 5.74) is 2.67. The van der Waals surface area contributed by atoms with Gasteiger partial charge in [-0.2, -0.15) is 0 Å². The molecular formula is C22H42O2. The maximum atomic E-state index is 5.44. The zero-order valence-corrected chi connectivity index (χ0v) is 17.8. The van der Waals surface area contributed by atoms with Crippen LogP contribution in [0.25, 0.3) is 0 Å². The van der Waals surface area contributed by atoms with E-state index >= 15 is 0 Å². The summed E-state index contributed by atoms with van der Waals surface area (Å²) < 4.78 is 10.9. The first-order valence-corrected chi connectivity index (χ1v) is 9.67. The van der Waals surface area contributed by atoms with Crippen LogP contribution < -0.4 is 4.74 Å². The van der Waals surface area contributed by atoms with E-state index in [4.69, 9.17) is 9.47 Å². The Morgan fingerprint density at radius 2 is 1.46 bits per heavy atom. The molecule has 0 heterocycles. The summed E-state index contributed by atoms with van der Waals surface area (Å²) in [6, 6.07) is 6.42. The average Bonchev–Trinajstić information content (AvgIpc) is 2.61. The van der Waals surface area contributed by atoms with Gasteiger partial charge in [-0.1, -0.05) is 64.7 Å². The minimum absolute atomic E-state index is 0.0275. The van der Waals surface area contributed by atoms with Crippen molar-refractivity contribution in [2.24, 2.45) is 0 Å². The number of rotatable bonds is 9. The van der Waals surface area contributed by atoms with Crippen molar-refractivity contribution < 1.29 is 9.47 Å². The molecule has 1 rings (SSSR count). The van der Waals surface area contributed by atoms with Crippen LogP contribution in [0.3, 0.4) is 0 Å². The maximum Gasteiger partial charge on any atom is 0.122 e. The van der Waals surface area contributed by atoms with Crippen molar-refractivity contribution >= 4 is 0 Å². The van der Waals surface area contributed by atoms with Gasteiger partial charge in [-0.25, -0.2) is 0 Å². The molecule has 0 fully saturated rings. The molecule has 1 aromatic carbocycles. The minimum atomic E-state index is 0.0275. The van der Waals surface area contributed by atoms with Crippen molar-refractivity contribution in [1.29, 1.82) is 0 Å². The van der Waals surface area contributed by atoms with Crippen LogP contribution in [0.5, 0.6) is 5.75 Å². The van der Waals surface area contributed by atoms with Gasteiger partial charge in [-0.15, -0.1) is 0 Å². The summed E-state index contributed by atoms with van der Waals surface area (Å²) in [4.78, 5) is 0. The third-order valence-electron chi connectivity index (χ3n) is 3.96. The second kappa shape index (κ2) is 15.5. The Bertz CT molecular complexity index is 397. The van der Waals surface area contributed by atoms with Crippen LogP contribution >= 0.6 is 0 Å². The highest BCUT2D eigenvalue weighted by molar-refractivity contribution is 5.36. The van der Waals surface area contributed by atoms with Gasteiger partial charge in [0.15, 0.2) is 0 Å². The van der Waals surface area contributed by atoms with Gasteiger partial charge in [0.2, 0.25) is 0 Å². The van der Waals surface area contributed by atoms with Crippen molar-refractivity contribution in [3.05, 3.63) is 29.3 Å². The third kappa shape index (κ3) is 11.5. The molecule has 0 saturated heterocycles. The smallest absolute Gasteiger partial charge is 0.122 e. The van der Waals surface area contributed by atoms with E-state index in [0.29, 0.717) is 0 Å². The average molecular weight is 339 g/mol. The summed E-state index contributed by atoms with van der Waals surface area (Å²) in [6.45, 7) is 14.4. The quantitative estimate of drug-likeness (QED) is 0.452. The summed E-state index contributed by atoms with van der Waals surface area (Å²) in [5, 5.41) is 0. The molecule has 0 aliphatic heterocycles. The summed E-state index contributed by atoms with van der Waals surface area (Å²) in [5.74, 6) is 1.02.